The van der Waals surface area contributed by atoms with Crippen LogP contribution in [0.3, 0.4) is 0 Å². The Kier molecular flexibility index (Phi) is 4.01. The van der Waals surface area contributed by atoms with Crippen molar-refractivity contribution < 1.29 is 4.74 Å². The first-order valence-corrected chi connectivity index (χ1v) is 6.50. The second-order valence-corrected chi connectivity index (χ2v) is 4.85. The van der Waals surface area contributed by atoms with E-state index in [9.17, 15) is 0 Å². The van der Waals surface area contributed by atoms with Crippen LogP contribution in [0.2, 0.25) is 0 Å². The van der Waals surface area contributed by atoms with Gasteiger partial charge in [0.25, 0.3) is 0 Å². The summed E-state index contributed by atoms with van der Waals surface area (Å²) in [5.41, 5.74) is 1.06. The van der Waals surface area contributed by atoms with Crippen LogP contribution in [0.1, 0.15) is 24.7 Å². The van der Waals surface area contributed by atoms with Gasteiger partial charge >= 0.3 is 0 Å². The van der Waals surface area contributed by atoms with E-state index in [2.05, 4.69) is 27.5 Å². The van der Waals surface area contributed by atoms with Gasteiger partial charge in [0.2, 0.25) is 0 Å². The van der Waals surface area contributed by atoms with E-state index >= 15 is 0 Å². The summed E-state index contributed by atoms with van der Waals surface area (Å²) in [5.74, 6) is 3.16. The summed E-state index contributed by atoms with van der Waals surface area (Å²) in [7, 11) is 1.88. The molecule has 0 saturated carbocycles. The molecule has 1 saturated heterocycles. The second-order valence-electron chi connectivity index (χ2n) is 4.85. The SMILES string of the molecule is CNc1nc(C)nc(NCC2CCOC2C)c1C. The smallest absolute Gasteiger partial charge is 0.134 e. The number of anilines is 2. The first-order chi connectivity index (χ1) is 8.61. The van der Waals surface area contributed by atoms with Crippen LogP contribution in [-0.4, -0.2) is 36.3 Å². The van der Waals surface area contributed by atoms with Gasteiger partial charge in [0.05, 0.1) is 6.10 Å². The first-order valence-electron chi connectivity index (χ1n) is 6.50. The van der Waals surface area contributed by atoms with Crippen molar-refractivity contribution in [2.24, 2.45) is 5.92 Å². The van der Waals surface area contributed by atoms with Crippen LogP contribution in [-0.2, 0) is 4.74 Å². The van der Waals surface area contributed by atoms with Gasteiger partial charge in [-0.3, -0.25) is 0 Å². The second kappa shape index (κ2) is 5.52. The zero-order valence-electron chi connectivity index (χ0n) is 11.6. The Labute approximate surface area is 108 Å². The van der Waals surface area contributed by atoms with Crippen molar-refractivity contribution in [3.05, 3.63) is 11.4 Å². The highest BCUT2D eigenvalue weighted by Crippen LogP contribution is 2.23. The molecule has 1 aliphatic rings. The quantitative estimate of drug-likeness (QED) is 0.855. The van der Waals surface area contributed by atoms with Crippen molar-refractivity contribution in [1.82, 2.24) is 9.97 Å². The van der Waals surface area contributed by atoms with Gasteiger partial charge in [0, 0.05) is 31.7 Å². The zero-order chi connectivity index (χ0) is 13.1. The summed E-state index contributed by atoms with van der Waals surface area (Å²) in [6.07, 6.45) is 1.46. The molecule has 0 aromatic carbocycles. The van der Waals surface area contributed by atoms with Gasteiger partial charge in [-0.25, -0.2) is 9.97 Å². The standard InChI is InChI=1S/C13H22N4O/c1-8-12(14-4)16-10(3)17-13(8)15-7-11-5-6-18-9(11)2/h9,11H,5-7H2,1-4H3,(H2,14,15,16,17). The van der Waals surface area contributed by atoms with E-state index in [1.165, 1.54) is 0 Å². The average Bonchev–Trinajstić information content (AvgIpc) is 2.75. The van der Waals surface area contributed by atoms with E-state index in [4.69, 9.17) is 4.74 Å². The topological polar surface area (TPSA) is 59.1 Å². The van der Waals surface area contributed by atoms with Crippen LogP contribution in [0.5, 0.6) is 0 Å². The highest BCUT2D eigenvalue weighted by Gasteiger charge is 2.24. The molecule has 5 nitrogen and oxygen atoms in total. The van der Waals surface area contributed by atoms with Gasteiger partial charge in [-0.05, 0) is 27.2 Å². The lowest BCUT2D eigenvalue weighted by molar-refractivity contribution is 0.108. The van der Waals surface area contributed by atoms with E-state index in [-0.39, 0.29) is 0 Å². The number of aryl methyl sites for hydroxylation is 1. The summed E-state index contributed by atoms with van der Waals surface area (Å²) in [5, 5.41) is 6.53. The van der Waals surface area contributed by atoms with Crippen LogP contribution in [0.25, 0.3) is 0 Å². The molecule has 0 aliphatic carbocycles. The van der Waals surface area contributed by atoms with Crippen molar-refractivity contribution in [1.29, 1.82) is 0 Å². The Morgan fingerprint density at radius 3 is 2.61 bits per heavy atom. The number of aromatic nitrogens is 2. The van der Waals surface area contributed by atoms with E-state index in [1.54, 1.807) is 0 Å². The third-order valence-corrected chi connectivity index (χ3v) is 3.56. The number of hydrogen-bond donors (Lipinski definition) is 2. The van der Waals surface area contributed by atoms with E-state index in [0.29, 0.717) is 12.0 Å². The summed E-state index contributed by atoms with van der Waals surface area (Å²) in [6, 6.07) is 0. The van der Waals surface area contributed by atoms with E-state index < -0.39 is 0 Å². The average molecular weight is 250 g/mol. The van der Waals surface area contributed by atoms with Gasteiger partial charge in [-0.15, -0.1) is 0 Å². The Hall–Kier alpha value is -1.36. The Morgan fingerprint density at radius 2 is 2.00 bits per heavy atom. The maximum atomic E-state index is 5.57. The number of rotatable bonds is 4. The molecule has 0 amide bonds. The Morgan fingerprint density at radius 1 is 1.28 bits per heavy atom. The fourth-order valence-corrected chi connectivity index (χ4v) is 2.32. The van der Waals surface area contributed by atoms with Crippen molar-refractivity contribution in [2.45, 2.75) is 33.3 Å². The lowest BCUT2D eigenvalue weighted by atomic mass is 10.0. The molecule has 1 fully saturated rings. The summed E-state index contributed by atoms with van der Waals surface area (Å²) in [6.45, 7) is 7.85. The van der Waals surface area contributed by atoms with Gasteiger partial charge in [-0.1, -0.05) is 0 Å². The minimum absolute atomic E-state index is 0.338. The van der Waals surface area contributed by atoms with E-state index in [0.717, 1.165) is 42.6 Å². The summed E-state index contributed by atoms with van der Waals surface area (Å²) >= 11 is 0. The molecule has 2 heterocycles. The predicted octanol–water partition coefficient (Wildman–Crippen LogP) is 1.97. The van der Waals surface area contributed by atoms with Crippen molar-refractivity contribution in [3.63, 3.8) is 0 Å². The molecule has 100 valence electrons. The molecule has 2 rings (SSSR count). The lowest BCUT2D eigenvalue weighted by Crippen LogP contribution is -2.22. The van der Waals surface area contributed by atoms with Gasteiger partial charge in [0.15, 0.2) is 0 Å². The molecule has 1 aromatic rings. The molecule has 0 spiro atoms. The van der Waals surface area contributed by atoms with Crippen LogP contribution in [0.15, 0.2) is 0 Å². The molecule has 2 N–H and O–H groups in total. The van der Waals surface area contributed by atoms with Crippen LogP contribution >= 0.6 is 0 Å². The fraction of sp³-hybridized carbons (Fsp3) is 0.692. The largest absolute Gasteiger partial charge is 0.378 e. The predicted molar refractivity (Wildman–Crippen MR) is 73.1 cm³/mol. The summed E-state index contributed by atoms with van der Waals surface area (Å²) < 4.78 is 5.57. The van der Waals surface area contributed by atoms with Crippen molar-refractivity contribution in [2.75, 3.05) is 30.8 Å². The van der Waals surface area contributed by atoms with Gasteiger partial charge < -0.3 is 15.4 Å². The molecule has 1 aromatic heterocycles. The third kappa shape index (κ3) is 2.72. The number of nitrogens with zero attached hydrogens (tertiary/aromatic N) is 2. The number of hydrogen-bond acceptors (Lipinski definition) is 5. The van der Waals surface area contributed by atoms with E-state index in [1.807, 2.05) is 20.9 Å². The molecule has 1 aliphatic heterocycles. The van der Waals surface area contributed by atoms with Gasteiger partial charge in [0.1, 0.15) is 17.5 Å². The number of ether oxygens (including phenoxy) is 1. The molecule has 2 unspecified atom stereocenters. The lowest BCUT2D eigenvalue weighted by Gasteiger charge is -2.17. The molecule has 0 bridgehead atoms. The first kappa shape index (κ1) is 13.1. The summed E-state index contributed by atoms with van der Waals surface area (Å²) in [4.78, 5) is 8.82. The molecule has 18 heavy (non-hydrogen) atoms. The van der Waals surface area contributed by atoms with Gasteiger partial charge in [-0.2, -0.15) is 0 Å². The monoisotopic (exact) mass is 250 g/mol. The highest BCUT2D eigenvalue weighted by molar-refractivity contribution is 5.56. The number of nitrogens with one attached hydrogen (secondary N) is 2. The van der Waals surface area contributed by atoms with Crippen LogP contribution in [0, 0.1) is 19.8 Å². The fourth-order valence-electron chi connectivity index (χ4n) is 2.32. The molecule has 5 heteroatoms. The normalized spacial score (nSPS) is 23.1. The molecular formula is C13H22N4O. The Balaban J connectivity index is 2.06. The maximum absolute atomic E-state index is 5.57. The zero-order valence-corrected chi connectivity index (χ0v) is 11.6. The van der Waals surface area contributed by atoms with Crippen LogP contribution < -0.4 is 10.6 Å². The third-order valence-electron chi connectivity index (χ3n) is 3.56. The van der Waals surface area contributed by atoms with Crippen molar-refractivity contribution in [3.8, 4) is 0 Å². The Bertz CT molecular complexity index is 422. The molecule has 0 radical (unpaired) electrons. The minimum Gasteiger partial charge on any atom is -0.378 e. The highest BCUT2D eigenvalue weighted by atomic mass is 16.5. The minimum atomic E-state index is 0.338. The van der Waals surface area contributed by atoms with Crippen molar-refractivity contribution >= 4 is 11.6 Å². The molecule has 2 atom stereocenters. The maximum Gasteiger partial charge on any atom is 0.134 e. The molecular weight excluding hydrogens is 228 g/mol. The van der Waals surface area contributed by atoms with Crippen LogP contribution in [0.4, 0.5) is 11.6 Å².